The molecule has 2 aromatic rings. The Kier molecular flexibility index (Phi) is 3.28. The van der Waals surface area contributed by atoms with Crippen LogP contribution in [0.5, 0.6) is 0 Å². The van der Waals surface area contributed by atoms with Gasteiger partial charge >= 0.3 is 0 Å². The number of non-ortho nitro benzene ring substituents is 1. The van der Waals surface area contributed by atoms with Crippen LogP contribution in [-0.2, 0) is 0 Å². The van der Waals surface area contributed by atoms with Crippen LogP contribution in [0.1, 0.15) is 0 Å². The van der Waals surface area contributed by atoms with Gasteiger partial charge in [-0.1, -0.05) is 18.2 Å². The first-order valence-electron chi connectivity index (χ1n) is 6.76. The molecule has 0 aliphatic carbocycles. The van der Waals surface area contributed by atoms with Gasteiger partial charge in [-0.3, -0.25) is 10.1 Å². The first kappa shape index (κ1) is 12.9. The molecule has 1 fully saturated rings. The fourth-order valence-electron chi connectivity index (χ4n) is 2.75. The smallest absolute Gasteiger partial charge is 0.277 e. The largest absolute Gasteiger partial charge is 0.368 e. The van der Waals surface area contributed by atoms with Crippen molar-refractivity contribution in [1.82, 2.24) is 4.90 Å². The standard InChI is InChI=1S/C15H17N3O2/c1-16-8-10-17(11-9-16)14-6-7-15(18(19)20)13-5-3-2-4-12(13)14/h2-7H,8-11H2,1H3. The molecular weight excluding hydrogens is 254 g/mol. The third-order valence-corrected chi connectivity index (χ3v) is 3.92. The molecule has 2 aromatic carbocycles. The van der Waals surface area contributed by atoms with Gasteiger partial charge < -0.3 is 9.80 Å². The lowest BCUT2D eigenvalue weighted by atomic mass is 10.1. The molecule has 5 heteroatoms. The van der Waals surface area contributed by atoms with E-state index in [1.54, 1.807) is 6.07 Å². The number of piperazine rings is 1. The Balaban J connectivity index is 2.08. The van der Waals surface area contributed by atoms with Crippen LogP contribution in [0.3, 0.4) is 0 Å². The normalized spacial score (nSPS) is 16.6. The maximum atomic E-state index is 11.1. The molecule has 1 heterocycles. The van der Waals surface area contributed by atoms with Gasteiger partial charge in [0.2, 0.25) is 0 Å². The Labute approximate surface area is 117 Å². The van der Waals surface area contributed by atoms with Crippen molar-refractivity contribution in [2.24, 2.45) is 0 Å². The molecule has 0 N–H and O–H groups in total. The van der Waals surface area contributed by atoms with Gasteiger partial charge in [0.25, 0.3) is 5.69 Å². The molecule has 1 saturated heterocycles. The minimum absolute atomic E-state index is 0.179. The van der Waals surface area contributed by atoms with Crippen molar-refractivity contribution in [3.8, 4) is 0 Å². The average molecular weight is 271 g/mol. The van der Waals surface area contributed by atoms with Gasteiger partial charge in [0.15, 0.2) is 0 Å². The summed E-state index contributed by atoms with van der Waals surface area (Å²) in [6.07, 6.45) is 0. The Morgan fingerprint density at radius 1 is 1.00 bits per heavy atom. The molecule has 0 aromatic heterocycles. The molecule has 5 nitrogen and oxygen atoms in total. The highest BCUT2D eigenvalue weighted by Crippen LogP contribution is 2.33. The van der Waals surface area contributed by atoms with E-state index in [9.17, 15) is 10.1 Å². The molecule has 104 valence electrons. The van der Waals surface area contributed by atoms with Gasteiger partial charge in [-0.2, -0.15) is 0 Å². The molecule has 0 unspecified atom stereocenters. The van der Waals surface area contributed by atoms with E-state index in [-0.39, 0.29) is 10.6 Å². The summed E-state index contributed by atoms with van der Waals surface area (Å²) in [6.45, 7) is 3.95. The van der Waals surface area contributed by atoms with E-state index >= 15 is 0 Å². The Morgan fingerprint density at radius 3 is 2.30 bits per heavy atom. The van der Waals surface area contributed by atoms with Crippen molar-refractivity contribution in [3.63, 3.8) is 0 Å². The summed E-state index contributed by atoms with van der Waals surface area (Å²) in [7, 11) is 2.12. The number of anilines is 1. The highest BCUT2D eigenvalue weighted by Gasteiger charge is 2.19. The molecule has 3 rings (SSSR count). The summed E-state index contributed by atoms with van der Waals surface area (Å²) < 4.78 is 0. The van der Waals surface area contributed by atoms with Crippen molar-refractivity contribution >= 4 is 22.1 Å². The molecule has 0 spiro atoms. The van der Waals surface area contributed by atoms with Gasteiger partial charge in [0.1, 0.15) is 0 Å². The van der Waals surface area contributed by atoms with E-state index in [1.807, 2.05) is 30.3 Å². The molecular formula is C15H17N3O2. The maximum Gasteiger partial charge on any atom is 0.277 e. The summed E-state index contributed by atoms with van der Waals surface area (Å²) in [5, 5.41) is 12.8. The number of fused-ring (bicyclic) bond motifs is 1. The number of nitrogens with zero attached hydrogens (tertiary/aromatic N) is 3. The third-order valence-electron chi connectivity index (χ3n) is 3.92. The molecule has 0 atom stereocenters. The number of benzene rings is 2. The van der Waals surface area contributed by atoms with Crippen LogP contribution in [0, 0.1) is 10.1 Å². The van der Waals surface area contributed by atoms with Crippen molar-refractivity contribution in [1.29, 1.82) is 0 Å². The van der Waals surface area contributed by atoms with Crippen LogP contribution in [0.4, 0.5) is 11.4 Å². The number of nitro groups is 1. The Morgan fingerprint density at radius 2 is 1.65 bits per heavy atom. The van der Waals surface area contributed by atoms with Crippen molar-refractivity contribution in [3.05, 3.63) is 46.5 Å². The molecule has 0 saturated carbocycles. The van der Waals surface area contributed by atoms with Crippen LogP contribution in [-0.4, -0.2) is 43.0 Å². The van der Waals surface area contributed by atoms with E-state index in [1.165, 1.54) is 0 Å². The summed E-state index contributed by atoms with van der Waals surface area (Å²) in [6, 6.07) is 11.1. The number of rotatable bonds is 2. The zero-order chi connectivity index (χ0) is 14.1. The zero-order valence-corrected chi connectivity index (χ0v) is 11.5. The second-order valence-corrected chi connectivity index (χ2v) is 5.20. The highest BCUT2D eigenvalue weighted by molar-refractivity contribution is 6.00. The van der Waals surface area contributed by atoms with Crippen molar-refractivity contribution < 1.29 is 4.92 Å². The minimum Gasteiger partial charge on any atom is -0.368 e. The van der Waals surface area contributed by atoms with Gasteiger partial charge in [0, 0.05) is 43.3 Å². The minimum atomic E-state index is -0.309. The summed E-state index contributed by atoms with van der Waals surface area (Å²) in [5.41, 5.74) is 1.28. The lowest BCUT2D eigenvalue weighted by Crippen LogP contribution is -2.44. The fourth-order valence-corrected chi connectivity index (χ4v) is 2.75. The highest BCUT2D eigenvalue weighted by atomic mass is 16.6. The SMILES string of the molecule is CN1CCN(c2ccc([N+](=O)[O-])c3ccccc23)CC1. The summed E-state index contributed by atoms with van der Waals surface area (Å²) in [5.74, 6) is 0. The molecule has 0 bridgehead atoms. The van der Waals surface area contributed by atoms with Crippen LogP contribution in [0.15, 0.2) is 36.4 Å². The van der Waals surface area contributed by atoms with Gasteiger partial charge in [0.05, 0.1) is 10.3 Å². The van der Waals surface area contributed by atoms with E-state index in [0.29, 0.717) is 5.39 Å². The van der Waals surface area contributed by atoms with Crippen LogP contribution < -0.4 is 4.90 Å². The van der Waals surface area contributed by atoms with E-state index < -0.39 is 0 Å². The van der Waals surface area contributed by atoms with Gasteiger partial charge in [-0.15, -0.1) is 0 Å². The summed E-state index contributed by atoms with van der Waals surface area (Å²) >= 11 is 0. The first-order chi connectivity index (χ1) is 9.66. The van der Waals surface area contributed by atoms with Crippen molar-refractivity contribution in [2.75, 3.05) is 38.1 Å². The quantitative estimate of drug-likeness (QED) is 0.622. The van der Waals surface area contributed by atoms with Crippen LogP contribution in [0.2, 0.25) is 0 Å². The number of hydrogen-bond donors (Lipinski definition) is 0. The number of hydrogen-bond acceptors (Lipinski definition) is 4. The molecule has 20 heavy (non-hydrogen) atoms. The van der Waals surface area contributed by atoms with Gasteiger partial charge in [-0.25, -0.2) is 0 Å². The summed E-state index contributed by atoms with van der Waals surface area (Å²) in [4.78, 5) is 15.4. The average Bonchev–Trinajstić information content (AvgIpc) is 2.47. The van der Waals surface area contributed by atoms with E-state index in [4.69, 9.17) is 0 Å². The molecule has 0 amide bonds. The monoisotopic (exact) mass is 271 g/mol. The molecule has 1 aliphatic heterocycles. The number of nitro benzene ring substituents is 1. The van der Waals surface area contributed by atoms with Crippen LogP contribution >= 0.6 is 0 Å². The van der Waals surface area contributed by atoms with Crippen molar-refractivity contribution in [2.45, 2.75) is 0 Å². The predicted molar refractivity (Wildman–Crippen MR) is 80.3 cm³/mol. The second kappa shape index (κ2) is 5.09. The second-order valence-electron chi connectivity index (χ2n) is 5.20. The van der Waals surface area contributed by atoms with E-state index in [0.717, 1.165) is 37.3 Å². The van der Waals surface area contributed by atoms with E-state index in [2.05, 4.69) is 16.8 Å². The third kappa shape index (κ3) is 2.20. The predicted octanol–water partition coefficient (Wildman–Crippen LogP) is 2.50. The van der Waals surface area contributed by atoms with Gasteiger partial charge in [-0.05, 0) is 19.2 Å². The van der Waals surface area contributed by atoms with Crippen LogP contribution in [0.25, 0.3) is 10.8 Å². The Bertz CT molecular complexity index is 649. The fraction of sp³-hybridized carbons (Fsp3) is 0.333. The number of likely N-dealkylation sites (N-methyl/N-ethyl adjacent to an activating group) is 1. The lowest BCUT2D eigenvalue weighted by Gasteiger charge is -2.34. The Hall–Kier alpha value is -2.14. The first-order valence-corrected chi connectivity index (χ1v) is 6.76. The zero-order valence-electron chi connectivity index (χ0n) is 11.5. The lowest BCUT2D eigenvalue weighted by molar-refractivity contribution is -0.383. The molecule has 1 aliphatic rings. The maximum absolute atomic E-state index is 11.1. The molecule has 0 radical (unpaired) electrons. The topological polar surface area (TPSA) is 49.6 Å².